The predicted octanol–water partition coefficient (Wildman–Crippen LogP) is 7.93. The number of aryl methyl sites for hydroxylation is 1. The number of nitrogens with zero attached hydrogens (tertiary/aromatic N) is 1. The van der Waals surface area contributed by atoms with E-state index in [1.807, 2.05) is 6.92 Å². The molecule has 0 bridgehead atoms. The van der Waals surface area contributed by atoms with Gasteiger partial charge in [0.05, 0.1) is 5.56 Å². The zero-order chi connectivity index (χ0) is 25.9. The van der Waals surface area contributed by atoms with E-state index in [0.29, 0.717) is 12.0 Å². The van der Waals surface area contributed by atoms with Gasteiger partial charge < -0.3 is 4.74 Å². The fourth-order valence-electron chi connectivity index (χ4n) is 3.53. The first-order valence-electron chi connectivity index (χ1n) is 10.4. The van der Waals surface area contributed by atoms with Gasteiger partial charge in [0.2, 0.25) is 0 Å². The fourth-order valence-corrected chi connectivity index (χ4v) is 3.53. The molecule has 3 aromatic carbocycles. The number of alkyl halides is 2. The van der Waals surface area contributed by atoms with Crippen molar-refractivity contribution in [3.05, 3.63) is 82.2 Å². The minimum atomic E-state index is -4.87. The van der Waals surface area contributed by atoms with Gasteiger partial charge in [0.15, 0.2) is 11.6 Å². The normalized spacial score (nSPS) is 11.4. The lowest BCUT2D eigenvalue weighted by Crippen LogP contribution is -2.25. The van der Waals surface area contributed by atoms with Crippen molar-refractivity contribution < 1.29 is 40.6 Å². The second kappa shape index (κ2) is 10.3. The highest BCUT2D eigenvalue weighted by Crippen LogP contribution is 2.43. The summed E-state index contributed by atoms with van der Waals surface area (Å²) in [7, 11) is 0. The summed E-state index contributed by atoms with van der Waals surface area (Å²) >= 11 is 0. The number of halogens is 7. The standard InChI is InChI=1S/C25H17F7NO2/c1-2-3-4-5-13-6-7-15(17(26)8-13)22-21(34)11-20(29)23(24(22)30)25(31,32)35-14-9-18(27)16(12-33)19(28)10-14/h6-11H,2-5H2,1H3. The number of unbranched alkanes of at least 4 members (excludes halogenated alkanes) is 2. The lowest BCUT2D eigenvalue weighted by Gasteiger charge is -2.21. The van der Waals surface area contributed by atoms with Gasteiger partial charge in [-0.25, -0.2) is 22.0 Å². The van der Waals surface area contributed by atoms with Crippen molar-refractivity contribution in [2.45, 2.75) is 38.7 Å². The number of nitriles is 1. The fraction of sp³-hybridized carbons (Fsp3) is 0.240. The third kappa shape index (κ3) is 5.34. The molecule has 0 N–H and O–H groups in total. The third-order valence-corrected chi connectivity index (χ3v) is 5.22. The smallest absolute Gasteiger partial charge is 0.429 e. The summed E-state index contributed by atoms with van der Waals surface area (Å²) in [6, 6.07) is 5.13. The van der Waals surface area contributed by atoms with Crippen molar-refractivity contribution in [1.82, 2.24) is 0 Å². The maximum absolute atomic E-state index is 15.1. The van der Waals surface area contributed by atoms with Gasteiger partial charge in [-0.05, 0) is 24.5 Å². The Labute approximate surface area is 196 Å². The van der Waals surface area contributed by atoms with Gasteiger partial charge in [0.1, 0.15) is 46.2 Å². The van der Waals surface area contributed by atoms with Crippen molar-refractivity contribution in [1.29, 1.82) is 5.26 Å². The topological polar surface area (TPSA) is 52.9 Å². The maximum Gasteiger partial charge on any atom is 0.432 e. The Kier molecular flexibility index (Phi) is 7.58. The molecule has 0 saturated heterocycles. The van der Waals surface area contributed by atoms with E-state index >= 15 is 4.39 Å². The van der Waals surface area contributed by atoms with E-state index in [2.05, 4.69) is 4.74 Å². The highest BCUT2D eigenvalue weighted by Gasteiger charge is 2.43. The molecule has 0 aliphatic rings. The van der Waals surface area contributed by atoms with Crippen LogP contribution in [0.5, 0.6) is 11.5 Å². The Morgan fingerprint density at radius 2 is 1.57 bits per heavy atom. The number of rotatable bonds is 8. The molecule has 0 fully saturated rings. The molecule has 0 aliphatic carbocycles. The zero-order valence-electron chi connectivity index (χ0n) is 18.2. The van der Waals surface area contributed by atoms with Crippen molar-refractivity contribution in [2.24, 2.45) is 0 Å². The van der Waals surface area contributed by atoms with Crippen molar-refractivity contribution in [2.75, 3.05) is 0 Å². The van der Waals surface area contributed by atoms with Crippen LogP contribution in [0.3, 0.4) is 0 Å². The van der Waals surface area contributed by atoms with Crippen LogP contribution in [-0.2, 0) is 17.6 Å². The Morgan fingerprint density at radius 1 is 0.914 bits per heavy atom. The van der Waals surface area contributed by atoms with Crippen LogP contribution in [-0.4, -0.2) is 0 Å². The maximum atomic E-state index is 15.1. The van der Waals surface area contributed by atoms with Gasteiger partial charge in [0, 0.05) is 23.8 Å². The van der Waals surface area contributed by atoms with Crippen LogP contribution in [0.4, 0.5) is 30.7 Å². The van der Waals surface area contributed by atoms with Gasteiger partial charge >= 0.3 is 6.11 Å². The Bertz CT molecular complexity index is 1280. The summed E-state index contributed by atoms with van der Waals surface area (Å²) in [4.78, 5) is 0. The van der Waals surface area contributed by atoms with Crippen molar-refractivity contribution >= 4 is 0 Å². The van der Waals surface area contributed by atoms with Gasteiger partial charge in [-0.15, -0.1) is 0 Å². The van der Waals surface area contributed by atoms with Crippen LogP contribution in [0.1, 0.15) is 42.9 Å². The lowest BCUT2D eigenvalue weighted by molar-refractivity contribution is -0.189. The van der Waals surface area contributed by atoms with Crippen LogP contribution >= 0.6 is 0 Å². The van der Waals surface area contributed by atoms with Gasteiger partial charge in [-0.3, -0.25) is 5.11 Å². The predicted molar refractivity (Wildman–Crippen MR) is 111 cm³/mol. The minimum Gasteiger partial charge on any atom is -0.429 e. The third-order valence-electron chi connectivity index (χ3n) is 5.22. The van der Waals surface area contributed by atoms with Gasteiger partial charge in [-0.1, -0.05) is 31.9 Å². The molecule has 0 unspecified atom stereocenters. The molecule has 3 aromatic rings. The molecule has 0 amide bonds. The summed E-state index contributed by atoms with van der Waals surface area (Å²) < 4.78 is 105. The van der Waals surface area contributed by atoms with E-state index in [1.54, 1.807) is 0 Å². The van der Waals surface area contributed by atoms with E-state index in [9.17, 15) is 31.4 Å². The number of hydrogen-bond acceptors (Lipinski definition) is 2. The summed E-state index contributed by atoms with van der Waals surface area (Å²) in [5.74, 6) is -10.8. The first-order valence-corrected chi connectivity index (χ1v) is 10.4. The molecule has 0 atom stereocenters. The zero-order valence-corrected chi connectivity index (χ0v) is 18.2. The molecular formula is C25H17F7NO2. The van der Waals surface area contributed by atoms with Crippen molar-refractivity contribution in [3.8, 4) is 28.7 Å². The highest BCUT2D eigenvalue weighted by atomic mass is 19.3. The molecule has 35 heavy (non-hydrogen) atoms. The average molecular weight is 496 g/mol. The van der Waals surface area contributed by atoms with E-state index in [-0.39, 0.29) is 18.2 Å². The molecule has 3 nitrogen and oxygen atoms in total. The van der Waals surface area contributed by atoms with E-state index in [1.165, 1.54) is 12.1 Å². The lowest BCUT2D eigenvalue weighted by atomic mass is 9.97. The summed E-state index contributed by atoms with van der Waals surface area (Å²) in [6.45, 7) is 1.97. The molecule has 0 saturated carbocycles. The first kappa shape index (κ1) is 25.9. The molecule has 0 aliphatic heterocycles. The summed E-state index contributed by atoms with van der Waals surface area (Å²) in [5.41, 5.74) is -4.42. The second-order valence-electron chi connectivity index (χ2n) is 7.68. The van der Waals surface area contributed by atoms with E-state index in [0.717, 1.165) is 31.4 Å². The Balaban J connectivity index is 2.05. The number of benzene rings is 3. The minimum absolute atomic E-state index is 0.0412. The largest absolute Gasteiger partial charge is 0.432 e. The second-order valence-corrected chi connectivity index (χ2v) is 7.68. The quantitative estimate of drug-likeness (QED) is 0.235. The van der Waals surface area contributed by atoms with Crippen molar-refractivity contribution in [3.63, 3.8) is 0 Å². The average Bonchev–Trinajstić information content (AvgIpc) is 2.74. The van der Waals surface area contributed by atoms with Crippen LogP contribution in [0.2, 0.25) is 0 Å². The molecule has 0 heterocycles. The van der Waals surface area contributed by atoms with Crippen LogP contribution in [0.15, 0.2) is 36.4 Å². The first-order chi connectivity index (χ1) is 16.5. The summed E-state index contributed by atoms with van der Waals surface area (Å²) in [5, 5.41) is 20.9. The SMILES string of the molecule is CCCCCc1ccc(-c2c([O])cc(F)c(C(F)(F)Oc3cc(F)c(C#N)c(F)c3)c2F)c(F)c1. The monoisotopic (exact) mass is 496 g/mol. The molecule has 0 spiro atoms. The van der Waals surface area contributed by atoms with Crippen LogP contribution < -0.4 is 4.74 Å². The Morgan fingerprint density at radius 3 is 2.14 bits per heavy atom. The van der Waals surface area contributed by atoms with Crippen LogP contribution in [0.25, 0.3) is 11.1 Å². The highest BCUT2D eigenvalue weighted by molar-refractivity contribution is 5.72. The van der Waals surface area contributed by atoms with E-state index < -0.39 is 68.9 Å². The van der Waals surface area contributed by atoms with Crippen LogP contribution in [0, 0.1) is 40.4 Å². The molecule has 0 aromatic heterocycles. The number of hydrogen-bond donors (Lipinski definition) is 0. The summed E-state index contributed by atoms with van der Waals surface area (Å²) in [6.07, 6.45) is -1.83. The Hall–Kier alpha value is -3.74. The molecule has 10 heteroatoms. The van der Waals surface area contributed by atoms with Gasteiger partial charge in [-0.2, -0.15) is 14.0 Å². The molecule has 3 rings (SSSR count). The molecular weight excluding hydrogens is 479 g/mol. The molecule has 183 valence electrons. The van der Waals surface area contributed by atoms with Gasteiger partial charge in [0.25, 0.3) is 0 Å². The van der Waals surface area contributed by atoms with E-state index in [4.69, 9.17) is 5.26 Å². The number of ether oxygens (including phenoxy) is 1. The molecule has 1 radical (unpaired) electrons.